The van der Waals surface area contributed by atoms with E-state index in [4.69, 9.17) is 0 Å². The number of nitrogens with one attached hydrogen (secondary N) is 1. The van der Waals surface area contributed by atoms with Gasteiger partial charge in [0.1, 0.15) is 0 Å². The molecular formula is C14H18N2O. The summed E-state index contributed by atoms with van der Waals surface area (Å²) in [6.45, 7) is 4.41. The van der Waals surface area contributed by atoms with E-state index in [9.17, 15) is 4.79 Å². The van der Waals surface area contributed by atoms with Gasteiger partial charge in [0.2, 0.25) is 5.91 Å². The van der Waals surface area contributed by atoms with Crippen molar-refractivity contribution in [3.63, 3.8) is 0 Å². The molecule has 1 N–H and O–H groups in total. The number of hydrogen-bond donors (Lipinski definition) is 1. The van der Waals surface area contributed by atoms with Gasteiger partial charge < -0.3 is 5.32 Å². The quantitative estimate of drug-likeness (QED) is 0.833. The molecule has 0 spiro atoms. The third-order valence-corrected chi connectivity index (χ3v) is 3.96. The zero-order valence-electron chi connectivity index (χ0n) is 10.2. The molecule has 1 aliphatic heterocycles. The van der Waals surface area contributed by atoms with Gasteiger partial charge in [-0.3, -0.25) is 9.69 Å². The van der Waals surface area contributed by atoms with Crippen LogP contribution in [0.1, 0.15) is 24.0 Å². The average molecular weight is 230 g/mol. The fraction of sp³-hybridized carbons (Fsp3) is 0.500. The van der Waals surface area contributed by atoms with Crippen molar-refractivity contribution in [3.8, 4) is 0 Å². The largest absolute Gasteiger partial charge is 0.354 e. The summed E-state index contributed by atoms with van der Waals surface area (Å²) in [5.74, 6) is 0.162. The van der Waals surface area contributed by atoms with Crippen LogP contribution in [0.3, 0.4) is 0 Å². The lowest BCUT2D eigenvalue weighted by molar-refractivity contribution is -0.125. The first-order valence-electron chi connectivity index (χ1n) is 6.30. The maximum absolute atomic E-state index is 11.5. The van der Waals surface area contributed by atoms with Gasteiger partial charge in [-0.25, -0.2) is 0 Å². The molecule has 0 bridgehead atoms. The van der Waals surface area contributed by atoms with Crippen LogP contribution in [0.25, 0.3) is 0 Å². The minimum Gasteiger partial charge on any atom is -0.354 e. The van der Waals surface area contributed by atoms with E-state index in [1.165, 1.54) is 24.0 Å². The van der Waals surface area contributed by atoms with Crippen LogP contribution in [0, 0.1) is 6.92 Å². The highest BCUT2D eigenvalue weighted by molar-refractivity contribution is 5.79. The zero-order chi connectivity index (χ0) is 11.9. The fourth-order valence-electron chi connectivity index (χ4n) is 2.77. The molecule has 0 unspecified atom stereocenters. The molecule has 1 heterocycles. The number of carbonyl (C=O) groups is 1. The highest BCUT2D eigenvalue weighted by Gasteiger charge is 2.50. The molecule has 1 saturated carbocycles. The normalized spacial score (nSPS) is 23.2. The summed E-state index contributed by atoms with van der Waals surface area (Å²) in [7, 11) is 0. The van der Waals surface area contributed by atoms with Gasteiger partial charge in [-0.1, -0.05) is 29.8 Å². The van der Waals surface area contributed by atoms with E-state index in [1.807, 2.05) is 0 Å². The highest BCUT2D eigenvalue weighted by atomic mass is 16.2. The molecule has 3 heteroatoms. The summed E-state index contributed by atoms with van der Waals surface area (Å²) in [4.78, 5) is 13.8. The van der Waals surface area contributed by atoms with E-state index in [1.54, 1.807) is 0 Å². The van der Waals surface area contributed by atoms with Gasteiger partial charge in [-0.2, -0.15) is 0 Å². The van der Waals surface area contributed by atoms with Crippen LogP contribution in [0.5, 0.6) is 0 Å². The second-order valence-electron chi connectivity index (χ2n) is 5.17. The van der Waals surface area contributed by atoms with Gasteiger partial charge in [0.15, 0.2) is 0 Å². The van der Waals surface area contributed by atoms with Gasteiger partial charge >= 0.3 is 0 Å². The Labute approximate surface area is 102 Å². The second-order valence-corrected chi connectivity index (χ2v) is 5.17. The number of rotatable bonds is 2. The monoisotopic (exact) mass is 230 g/mol. The Morgan fingerprint density at radius 1 is 1.24 bits per heavy atom. The van der Waals surface area contributed by atoms with Crippen LogP contribution < -0.4 is 5.32 Å². The average Bonchev–Trinajstić information content (AvgIpc) is 3.11. The first-order valence-corrected chi connectivity index (χ1v) is 6.30. The van der Waals surface area contributed by atoms with E-state index in [2.05, 4.69) is 41.4 Å². The molecule has 1 aromatic rings. The van der Waals surface area contributed by atoms with Crippen molar-refractivity contribution in [2.75, 3.05) is 19.6 Å². The molecule has 90 valence electrons. The van der Waals surface area contributed by atoms with Crippen molar-refractivity contribution in [1.29, 1.82) is 0 Å². The summed E-state index contributed by atoms with van der Waals surface area (Å²) in [6, 6.07) is 8.77. The molecule has 3 rings (SSSR count). The highest BCUT2D eigenvalue weighted by Crippen LogP contribution is 2.50. The van der Waals surface area contributed by atoms with E-state index >= 15 is 0 Å². The SMILES string of the molecule is Cc1ccc(C2(N3CCNC(=O)C3)CC2)cc1. The van der Waals surface area contributed by atoms with Gasteiger partial charge in [-0.15, -0.1) is 0 Å². The summed E-state index contributed by atoms with van der Waals surface area (Å²) in [5, 5.41) is 2.89. The maximum atomic E-state index is 11.5. The third kappa shape index (κ3) is 1.84. The smallest absolute Gasteiger partial charge is 0.234 e. The van der Waals surface area contributed by atoms with Crippen molar-refractivity contribution < 1.29 is 4.79 Å². The van der Waals surface area contributed by atoms with Crippen molar-refractivity contribution in [3.05, 3.63) is 35.4 Å². The number of nitrogens with zero attached hydrogens (tertiary/aromatic N) is 1. The van der Waals surface area contributed by atoms with Gasteiger partial charge in [0.25, 0.3) is 0 Å². The summed E-state index contributed by atoms with van der Waals surface area (Å²) < 4.78 is 0. The number of aryl methyl sites for hydroxylation is 1. The van der Waals surface area contributed by atoms with Crippen LogP contribution >= 0.6 is 0 Å². The molecule has 3 nitrogen and oxygen atoms in total. The van der Waals surface area contributed by atoms with Crippen molar-refractivity contribution in [2.24, 2.45) is 0 Å². The molecule has 1 aromatic carbocycles. The Bertz CT molecular complexity index is 434. The number of benzene rings is 1. The van der Waals surface area contributed by atoms with Gasteiger partial charge in [0, 0.05) is 18.6 Å². The van der Waals surface area contributed by atoms with E-state index in [-0.39, 0.29) is 11.4 Å². The molecule has 1 amide bonds. The maximum Gasteiger partial charge on any atom is 0.234 e. The molecule has 2 aliphatic rings. The molecule has 0 aromatic heterocycles. The summed E-state index contributed by atoms with van der Waals surface area (Å²) in [5.41, 5.74) is 2.82. The van der Waals surface area contributed by atoms with Gasteiger partial charge in [0.05, 0.1) is 6.54 Å². The predicted octanol–water partition coefficient (Wildman–Crippen LogP) is 1.42. The zero-order valence-corrected chi connectivity index (χ0v) is 10.2. The van der Waals surface area contributed by atoms with Crippen molar-refractivity contribution >= 4 is 5.91 Å². The first kappa shape index (κ1) is 10.8. The second kappa shape index (κ2) is 3.84. The fourth-order valence-corrected chi connectivity index (χ4v) is 2.77. The minimum atomic E-state index is 0.158. The molecule has 2 fully saturated rings. The molecule has 0 atom stereocenters. The Hall–Kier alpha value is -1.35. The Morgan fingerprint density at radius 2 is 1.94 bits per heavy atom. The Kier molecular flexibility index (Phi) is 2.44. The lowest BCUT2D eigenvalue weighted by Crippen LogP contribution is -2.51. The minimum absolute atomic E-state index is 0.158. The molecule has 1 aliphatic carbocycles. The number of piperazine rings is 1. The topological polar surface area (TPSA) is 32.3 Å². The number of amides is 1. The lowest BCUT2D eigenvalue weighted by atomic mass is 10.0. The number of carbonyl (C=O) groups excluding carboxylic acids is 1. The molecular weight excluding hydrogens is 212 g/mol. The molecule has 1 saturated heterocycles. The standard InChI is InChI=1S/C14H18N2O/c1-11-2-4-12(5-3-11)14(6-7-14)16-9-8-15-13(17)10-16/h2-5H,6-10H2,1H3,(H,15,17). The van der Waals surface area contributed by atoms with Crippen molar-refractivity contribution in [1.82, 2.24) is 10.2 Å². The lowest BCUT2D eigenvalue weighted by Gasteiger charge is -2.35. The molecule has 0 radical (unpaired) electrons. The summed E-state index contributed by atoms with van der Waals surface area (Å²) in [6.07, 6.45) is 2.37. The van der Waals surface area contributed by atoms with Crippen LogP contribution in [0.2, 0.25) is 0 Å². The third-order valence-electron chi connectivity index (χ3n) is 3.96. The van der Waals surface area contributed by atoms with Crippen molar-refractivity contribution in [2.45, 2.75) is 25.3 Å². The Balaban J connectivity index is 1.85. The van der Waals surface area contributed by atoms with Crippen LogP contribution in [0.4, 0.5) is 0 Å². The predicted molar refractivity (Wildman–Crippen MR) is 66.7 cm³/mol. The number of hydrogen-bond acceptors (Lipinski definition) is 2. The van der Waals surface area contributed by atoms with Crippen LogP contribution in [0.15, 0.2) is 24.3 Å². The van der Waals surface area contributed by atoms with E-state index in [0.717, 1.165) is 13.1 Å². The van der Waals surface area contributed by atoms with Crippen LogP contribution in [-0.4, -0.2) is 30.4 Å². The van der Waals surface area contributed by atoms with Gasteiger partial charge in [-0.05, 0) is 25.3 Å². The Morgan fingerprint density at radius 3 is 2.53 bits per heavy atom. The van der Waals surface area contributed by atoms with E-state index < -0.39 is 0 Å². The first-order chi connectivity index (χ1) is 8.21. The molecule has 17 heavy (non-hydrogen) atoms. The van der Waals surface area contributed by atoms with Crippen LogP contribution in [-0.2, 0) is 10.3 Å². The summed E-state index contributed by atoms with van der Waals surface area (Å²) >= 11 is 0. The van der Waals surface area contributed by atoms with E-state index in [0.29, 0.717) is 6.54 Å².